The predicted molar refractivity (Wildman–Crippen MR) is 77.9 cm³/mol. The van der Waals surface area contributed by atoms with E-state index in [9.17, 15) is 4.79 Å². The number of Topliss-reactive ketones (excluding diaryl/α,β-unsaturated/α-hetero) is 1. The van der Waals surface area contributed by atoms with Gasteiger partial charge in [-0.2, -0.15) is 0 Å². The number of hydrogen-bond donors (Lipinski definition) is 0. The van der Waals surface area contributed by atoms with Gasteiger partial charge in [0.25, 0.3) is 0 Å². The second kappa shape index (κ2) is 5.70. The molecule has 2 aromatic rings. The number of rotatable bonds is 3. The maximum atomic E-state index is 11.9. The lowest BCUT2D eigenvalue weighted by molar-refractivity contribution is -0.123. The molecule has 0 spiro atoms. The zero-order chi connectivity index (χ0) is 13.8. The Labute approximate surface area is 117 Å². The Morgan fingerprint density at radius 1 is 1.00 bits per heavy atom. The Hall–Kier alpha value is -2.42. The van der Waals surface area contributed by atoms with Crippen LogP contribution in [0.4, 0.5) is 0 Å². The van der Waals surface area contributed by atoms with E-state index < -0.39 is 0 Å². The van der Waals surface area contributed by atoms with Gasteiger partial charge in [-0.1, -0.05) is 48.5 Å². The van der Waals surface area contributed by atoms with E-state index >= 15 is 0 Å². The minimum absolute atomic E-state index is 0.0357. The van der Waals surface area contributed by atoms with Crippen LogP contribution in [0.25, 0.3) is 0 Å². The van der Waals surface area contributed by atoms with Gasteiger partial charge in [-0.25, -0.2) is 4.99 Å². The number of benzene rings is 2. The van der Waals surface area contributed by atoms with Gasteiger partial charge in [-0.3, -0.25) is 4.79 Å². The molecule has 1 heterocycles. The van der Waals surface area contributed by atoms with Gasteiger partial charge in [-0.05, 0) is 17.7 Å². The Kier molecular flexibility index (Phi) is 3.59. The third-order valence-electron chi connectivity index (χ3n) is 3.29. The zero-order valence-corrected chi connectivity index (χ0v) is 11.0. The fourth-order valence-corrected chi connectivity index (χ4v) is 2.22. The number of nitrogens with zero attached hydrogens (tertiary/aromatic N) is 1. The van der Waals surface area contributed by atoms with Crippen molar-refractivity contribution >= 4 is 11.7 Å². The van der Waals surface area contributed by atoms with E-state index in [0.29, 0.717) is 12.3 Å². The molecule has 0 aliphatic carbocycles. The number of carbonyl (C=O) groups is 1. The first-order valence-electron chi connectivity index (χ1n) is 6.65. The molecular weight excluding hydrogens is 250 g/mol. The van der Waals surface area contributed by atoms with Crippen LogP contribution < -0.4 is 0 Å². The zero-order valence-electron chi connectivity index (χ0n) is 11.0. The van der Waals surface area contributed by atoms with Crippen LogP contribution >= 0.6 is 0 Å². The molecule has 100 valence electrons. The van der Waals surface area contributed by atoms with Crippen LogP contribution in [0.15, 0.2) is 65.7 Å². The molecule has 0 fully saturated rings. The second-order valence-electron chi connectivity index (χ2n) is 4.76. The molecule has 1 atom stereocenters. The summed E-state index contributed by atoms with van der Waals surface area (Å²) in [5.41, 5.74) is 2.03. The van der Waals surface area contributed by atoms with Crippen LogP contribution in [0.3, 0.4) is 0 Å². The van der Waals surface area contributed by atoms with Gasteiger partial charge < -0.3 is 4.74 Å². The van der Waals surface area contributed by atoms with Gasteiger partial charge >= 0.3 is 0 Å². The topological polar surface area (TPSA) is 38.7 Å². The van der Waals surface area contributed by atoms with Crippen molar-refractivity contribution in [3.63, 3.8) is 0 Å². The smallest absolute Gasteiger partial charge is 0.217 e. The summed E-state index contributed by atoms with van der Waals surface area (Å²) in [4.78, 5) is 16.4. The number of carbonyl (C=O) groups excluding carboxylic acids is 1. The lowest BCUT2D eigenvalue weighted by Gasteiger charge is -2.20. The van der Waals surface area contributed by atoms with E-state index in [1.807, 2.05) is 60.7 Å². The van der Waals surface area contributed by atoms with Gasteiger partial charge in [-0.15, -0.1) is 0 Å². The molecule has 0 saturated heterocycles. The van der Waals surface area contributed by atoms with Crippen molar-refractivity contribution in [2.75, 3.05) is 6.61 Å². The highest BCUT2D eigenvalue weighted by molar-refractivity contribution is 6.00. The number of hydrogen-bond acceptors (Lipinski definition) is 3. The van der Waals surface area contributed by atoms with E-state index in [-0.39, 0.29) is 18.4 Å². The molecule has 2 aromatic carbocycles. The van der Waals surface area contributed by atoms with Gasteiger partial charge in [0.1, 0.15) is 6.04 Å². The van der Waals surface area contributed by atoms with Crippen molar-refractivity contribution in [2.24, 2.45) is 4.99 Å². The largest absolute Gasteiger partial charge is 0.469 e. The monoisotopic (exact) mass is 265 g/mol. The molecule has 0 radical (unpaired) electrons. The van der Waals surface area contributed by atoms with Crippen LogP contribution in [0.1, 0.15) is 11.1 Å². The Morgan fingerprint density at radius 2 is 1.65 bits per heavy atom. The standard InChI is InChI=1S/C17H15NO2/c19-16-12-20-17(14-9-5-2-6-10-14)18-15(16)11-13-7-3-1-4-8-13/h1-10,15H,11-12H2. The van der Waals surface area contributed by atoms with Crippen molar-refractivity contribution in [1.29, 1.82) is 0 Å². The number of ether oxygens (including phenoxy) is 1. The van der Waals surface area contributed by atoms with Gasteiger partial charge in [0, 0.05) is 12.0 Å². The molecule has 3 nitrogen and oxygen atoms in total. The van der Waals surface area contributed by atoms with Gasteiger partial charge in [0.2, 0.25) is 5.90 Å². The van der Waals surface area contributed by atoms with Crippen LogP contribution in [-0.2, 0) is 16.0 Å². The van der Waals surface area contributed by atoms with Crippen molar-refractivity contribution in [1.82, 2.24) is 0 Å². The first-order valence-corrected chi connectivity index (χ1v) is 6.65. The summed E-state index contributed by atoms with van der Waals surface area (Å²) >= 11 is 0. The third kappa shape index (κ3) is 2.77. The van der Waals surface area contributed by atoms with Crippen molar-refractivity contribution < 1.29 is 9.53 Å². The summed E-state index contributed by atoms with van der Waals surface area (Å²) < 4.78 is 5.44. The van der Waals surface area contributed by atoms with Crippen LogP contribution in [-0.4, -0.2) is 24.3 Å². The molecule has 0 bridgehead atoms. The first-order chi connectivity index (χ1) is 9.83. The minimum atomic E-state index is -0.346. The van der Waals surface area contributed by atoms with E-state index in [2.05, 4.69) is 4.99 Å². The molecule has 3 heteroatoms. The average Bonchev–Trinajstić information content (AvgIpc) is 2.51. The summed E-state index contributed by atoms with van der Waals surface area (Å²) in [6, 6.07) is 19.3. The van der Waals surface area contributed by atoms with E-state index in [1.165, 1.54) is 0 Å². The third-order valence-corrected chi connectivity index (χ3v) is 3.29. The second-order valence-corrected chi connectivity index (χ2v) is 4.76. The molecule has 3 rings (SSSR count). The van der Waals surface area contributed by atoms with Crippen LogP contribution in [0.2, 0.25) is 0 Å². The highest BCUT2D eigenvalue weighted by atomic mass is 16.5. The normalized spacial score (nSPS) is 18.3. The maximum absolute atomic E-state index is 11.9. The van der Waals surface area contributed by atoms with E-state index in [1.54, 1.807) is 0 Å². The summed E-state index contributed by atoms with van der Waals surface area (Å²) in [7, 11) is 0. The van der Waals surface area contributed by atoms with Crippen molar-refractivity contribution in [3.05, 3.63) is 71.8 Å². The SMILES string of the molecule is O=C1COC(c2ccccc2)=NC1Cc1ccccc1. The van der Waals surface area contributed by atoms with Crippen LogP contribution in [0.5, 0.6) is 0 Å². The van der Waals surface area contributed by atoms with E-state index in [4.69, 9.17) is 4.74 Å². The van der Waals surface area contributed by atoms with Crippen LogP contribution in [0, 0.1) is 0 Å². The Morgan fingerprint density at radius 3 is 2.35 bits per heavy atom. The molecule has 0 N–H and O–H groups in total. The quantitative estimate of drug-likeness (QED) is 0.855. The molecule has 1 aliphatic rings. The van der Waals surface area contributed by atoms with Crippen molar-refractivity contribution in [2.45, 2.75) is 12.5 Å². The Bertz CT molecular complexity index is 620. The fourth-order valence-electron chi connectivity index (χ4n) is 2.22. The molecular formula is C17H15NO2. The lowest BCUT2D eigenvalue weighted by Crippen LogP contribution is -2.33. The number of ketones is 1. The molecule has 0 saturated carbocycles. The number of aliphatic imine (C=N–C) groups is 1. The molecule has 1 unspecified atom stereocenters. The summed E-state index contributed by atoms with van der Waals surface area (Å²) in [6.45, 7) is 0.102. The summed E-state index contributed by atoms with van der Waals surface area (Å²) in [5, 5.41) is 0. The highest BCUT2D eigenvalue weighted by Crippen LogP contribution is 2.14. The lowest BCUT2D eigenvalue weighted by atomic mass is 10.0. The van der Waals surface area contributed by atoms with E-state index in [0.717, 1.165) is 11.1 Å². The first kappa shape index (κ1) is 12.6. The maximum Gasteiger partial charge on any atom is 0.217 e. The van der Waals surface area contributed by atoms with Gasteiger partial charge in [0.15, 0.2) is 12.4 Å². The molecule has 0 aromatic heterocycles. The molecule has 20 heavy (non-hydrogen) atoms. The Balaban J connectivity index is 1.84. The fraction of sp³-hybridized carbons (Fsp3) is 0.176. The summed E-state index contributed by atoms with van der Waals surface area (Å²) in [6.07, 6.45) is 0.624. The van der Waals surface area contributed by atoms with Gasteiger partial charge in [0.05, 0.1) is 0 Å². The molecule has 1 aliphatic heterocycles. The predicted octanol–water partition coefficient (Wildman–Crippen LogP) is 2.64. The molecule has 0 amide bonds. The average molecular weight is 265 g/mol. The minimum Gasteiger partial charge on any atom is -0.469 e. The summed E-state index contributed by atoms with van der Waals surface area (Å²) in [5.74, 6) is 0.597. The van der Waals surface area contributed by atoms with Crippen molar-refractivity contribution in [3.8, 4) is 0 Å². The highest BCUT2D eigenvalue weighted by Gasteiger charge is 2.25.